The Hall–Kier alpha value is -1.69. The molecule has 0 bridgehead atoms. The standard InChI is InChI=1S/C17H24N2O/c1-17(2)10-3-4-14(9-11-17)19-15-5-7-16(8-6-15)20-13-12-18/h5-8,14,19H,3-4,9-11,13H2,1-2H3. The van der Waals surface area contributed by atoms with Crippen molar-refractivity contribution in [2.75, 3.05) is 11.9 Å². The minimum Gasteiger partial charge on any atom is -0.479 e. The van der Waals surface area contributed by atoms with Crippen LogP contribution in [-0.2, 0) is 0 Å². The second-order valence-corrected chi connectivity index (χ2v) is 6.41. The third-order valence-electron chi connectivity index (χ3n) is 4.10. The summed E-state index contributed by atoms with van der Waals surface area (Å²) in [4.78, 5) is 0. The van der Waals surface area contributed by atoms with Gasteiger partial charge < -0.3 is 10.1 Å². The van der Waals surface area contributed by atoms with E-state index in [4.69, 9.17) is 10.00 Å². The molecule has 0 amide bonds. The first-order valence-electron chi connectivity index (χ1n) is 7.45. The van der Waals surface area contributed by atoms with Gasteiger partial charge in [-0.2, -0.15) is 5.26 Å². The van der Waals surface area contributed by atoms with E-state index in [-0.39, 0.29) is 6.61 Å². The molecule has 0 aliphatic heterocycles. The zero-order chi connectivity index (χ0) is 14.4. The minimum absolute atomic E-state index is 0.102. The Morgan fingerprint density at radius 1 is 1.25 bits per heavy atom. The maximum absolute atomic E-state index is 8.48. The zero-order valence-electron chi connectivity index (χ0n) is 12.5. The first kappa shape index (κ1) is 14.7. The highest BCUT2D eigenvalue weighted by molar-refractivity contribution is 5.47. The summed E-state index contributed by atoms with van der Waals surface area (Å²) in [5, 5.41) is 12.1. The van der Waals surface area contributed by atoms with E-state index >= 15 is 0 Å². The largest absolute Gasteiger partial charge is 0.479 e. The van der Waals surface area contributed by atoms with Gasteiger partial charge in [-0.05, 0) is 55.4 Å². The molecule has 1 N–H and O–H groups in total. The molecule has 0 radical (unpaired) electrons. The van der Waals surface area contributed by atoms with E-state index in [0.29, 0.717) is 11.5 Å². The van der Waals surface area contributed by atoms with E-state index in [1.807, 2.05) is 30.3 Å². The Morgan fingerprint density at radius 3 is 2.70 bits per heavy atom. The second kappa shape index (κ2) is 6.65. The maximum atomic E-state index is 8.48. The smallest absolute Gasteiger partial charge is 0.174 e. The van der Waals surface area contributed by atoms with Gasteiger partial charge in [0.25, 0.3) is 0 Å². The van der Waals surface area contributed by atoms with Crippen LogP contribution in [0.15, 0.2) is 24.3 Å². The molecule has 1 unspecified atom stereocenters. The molecule has 1 aliphatic rings. The predicted octanol–water partition coefficient (Wildman–Crippen LogP) is 4.36. The Bertz CT molecular complexity index is 459. The van der Waals surface area contributed by atoms with Crippen LogP contribution in [0.4, 0.5) is 5.69 Å². The molecule has 0 spiro atoms. The molecule has 20 heavy (non-hydrogen) atoms. The van der Waals surface area contributed by atoms with Crippen LogP contribution in [-0.4, -0.2) is 12.6 Å². The molecule has 1 aliphatic carbocycles. The Labute approximate surface area is 121 Å². The van der Waals surface area contributed by atoms with Gasteiger partial charge in [-0.15, -0.1) is 0 Å². The number of nitriles is 1. The lowest BCUT2D eigenvalue weighted by Crippen LogP contribution is -2.19. The minimum atomic E-state index is 0.102. The van der Waals surface area contributed by atoms with E-state index in [2.05, 4.69) is 19.2 Å². The van der Waals surface area contributed by atoms with E-state index in [9.17, 15) is 0 Å². The molecule has 0 aromatic heterocycles. The number of nitrogens with one attached hydrogen (secondary N) is 1. The van der Waals surface area contributed by atoms with Gasteiger partial charge in [0.1, 0.15) is 11.8 Å². The van der Waals surface area contributed by atoms with Crippen molar-refractivity contribution in [3.8, 4) is 11.8 Å². The van der Waals surface area contributed by atoms with Crippen LogP contribution in [0.2, 0.25) is 0 Å². The van der Waals surface area contributed by atoms with E-state index < -0.39 is 0 Å². The molecule has 0 saturated heterocycles. The van der Waals surface area contributed by atoms with E-state index in [0.717, 1.165) is 11.4 Å². The first-order chi connectivity index (χ1) is 9.59. The lowest BCUT2D eigenvalue weighted by atomic mass is 9.85. The number of hydrogen-bond donors (Lipinski definition) is 1. The lowest BCUT2D eigenvalue weighted by Gasteiger charge is -2.22. The van der Waals surface area contributed by atoms with Crippen molar-refractivity contribution in [3.05, 3.63) is 24.3 Å². The fourth-order valence-corrected chi connectivity index (χ4v) is 2.80. The van der Waals surface area contributed by atoms with Gasteiger partial charge in [-0.1, -0.05) is 20.3 Å². The number of rotatable bonds is 4. The van der Waals surface area contributed by atoms with Crippen molar-refractivity contribution in [1.82, 2.24) is 0 Å². The fourth-order valence-electron chi connectivity index (χ4n) is 2.80. The monoisotopic (exact) mass is 272 g/mol. The highest BCUT2D eigenvalue weighted by Crippen LogP contribution is 2.34. The molecule has 1 atom stereocenters. The summed E-state index contributed by atoms with van der Waals surface area (Å²) < 4.78 is 5.26. The van der Waals surface area contributed by atoms with E-state index in [1.54, 1.807) is 0 Å². The van der Waals surface area contributed by atoms with Gasteiger partial charge in [0.2, 0.25) is 0 Å². The third-order valence-corrected chi connectivity index (χ3v) is 4.10. The van der Waals surface area contributed by atoms with Gasteiger partial charge in [-0.25, -0.2) is 0 Å². The Balaban J connectivity index is 1.88. The number of ether oxygens (including phenoxy) is 1. The molecule has 108 valence electrons. The van der Waals surface area contributed by atoms with Crippen LogP contribution in [0.5, 0.6) is 5.75 Å². The number of hydrogen-bond acceptors (Lipinski definition) is 3. The highest BCUT2D eigenvalue weighted by atomic mass is 16.5. The molecular formula is C17H24N2O. The summed E-state index contributed by atoms with van der Waals surface area (Å²) in [6.45, 7) is 4.85. The summed E-state index contributed by atoms with van der Waals surface area (Å²) in [5.41, 5.74) is 1.63. The molecule has 1 aromatic carbocycles. The van der Waals surface area contributed by atoms with Crippen molar-refractivity contribution in [2.24, 2.45) is 5.41 Å². The Kier molecular flexibility index (Phi) is 4.89. The van der Waals surface area contributed by atoms with Crippen molar-refractivity contribution < 1.29 is 4.74 Å². The normalized spacial score (nSPS) is 21.6. The van der Waals surface area contributed by atoms with E-state index in [1.165, 1.54) is 32.1 Å². The molecule has 1 aromatic rings. The van der Waals surface area contributed by atoms with Crippen LogP contribution < -0.4 is 10.1 Å². The summed E-state index contributed by atoms with van der Waals surface area (Å²) in [6.07, 6.45) is 6.39. The molecule has 0 heterocycles. The van der Waals surface area contributed by atoms with Crippen molar-refractivity contribution in [3.63, 3.8) is 0 Å². The van der Waals surface area contributed by atoms with Gasteiger partial charge >= 0.3 is 0 Å². The quantitative estimate of drug-likeness (QED) is 0.828. The number of anilines is 1. The van der Waals surface area contributed by atoms with Gasteiger partial charge in [0.05, 0.1) is 0 Å². The zero-order valence-corrected chi connectivity index (χ0v) is 12.5. The lowest BCUT2D eigenvalue weighted by molar-refractivity contribution is 0.313. The maximum Gasteiger partial charge on any atom is 0.174 e. The van der Waals surface area contributed by atoms with Gasteiger partial charge in [-0.3, -0.25) is 0 Å². The fraction of sp³-hybridized carbons (Fsp3) is 0.588. The topological polar surface area (TPSA) is 45.0 Å². The average molecular weight is 272 g/mol. The molecule has 1 saturated carbocycles. The van der Waals surface area contributed by atoms with Crippen molar-refractivity contribution in [2.45, 2.75) is 52.0 Å². The number of nitrogens with zero attached hydrogens (tertiary/aromatic N) is 1. The molecule has 1 fully saturated rings. The third kappa shape index (κ3) is 4.45. The highest BCUT2D eigenvalue weighted by Gasteiger charge is 2.24. The number of benzene rings is 1. The van der Waals surface area contributed by atoms with Crippen LogP contribution in [0, 0.1) is 16.7 Å². The first-order valence-corrected chi connectivity index (χ1v) is 7.45. The average Bonchev–Trinajstić information content (AvgIpc) is 2.59. The molecule has 3 heteroatoms. The predicted molar refractivity (Wildman–Crippen MR) is 81.8 cm³/mol. The van der Waals surface area contributed by atoms with Crippen LogP contribution >= 0.6 is 0 Å². The summed E-state index contributed by atoms with van der Waals surface area (Å²) in [6, 6.07) is 10.4. The summed E-state index contributed by atoms with van der Waals surface area (Å²) in [7, 11) is 0. The molecular weight excluding hydrogens is 248 g/mol. The second-order valence-electron chi connectivity index (χ2n) is 6.41. The van der Waals surface area contributed by atoms with Crippen LogP contribution in [0.3, 0.4) is 0 Å². The van der Waals surface area contributed by atoms with Crippen molar-refractivity contribution in [1.29, 1.82) is 5.26 Å². The van der Waals surface area contributed by atoms with Crippen molar-refractivity contribution >= 4 is 5.69 Å². The van der Waals surface area contributed by atoms with Gasteiger partial charge in [0.15, 0.2) is 6.61 Å². The Morgan fingerprint density at radius 2 is 2.00 bits per heavy atom. The van der Waals surface area contributed by atoms with Crippen LogP contribution in [0.25, 0.3) is 0 Å². The SMILES string of the molecule is CC1(C)CCCC(Nc2ccc(OCC#N)cc2)CC1. The molecule has 3 nitrogen and oxygen atoms in total. The molecule has 2 rings (SSSR count). The van der Waals surface area contributed by atoms with Crippen LogP contribution in [0.1, 0.15) is 46.0 Å². The summed E-state index contributed by atoms with van der Waals surface area (Å²) in [5.74, 6) is 0.749. The summed E-state index contributed by atoms with van der Waals surface area (Å²) >= 11 is 0. The van der Waals surface area contributed by atoms with Gasteiger partial charge in [0, 0.05) is 11.7 Å².